The molecule has 2 fully saturated rings. The van der Waals surface area contributed by atoms with Crippen LogP contribution in [0.25, 0.3) is 0 Å². The average Bonchev–Trinajstić information content (AvgIpc) is 2.53. The molecule has 0 aromatic rings. The van der Waals surface area contributed by atoms with Crippen LogP contribution in [0.2, 0.25) is 0 Å². The molecule has 2 rings (SSSR count). The zero-order valence-electron chi connectivity index (χ0n) is 11.7. The molecule has 100 valence electrons. The SMILES string of the molecule is CNC1CCCCCC1N1CCOCC1(C)C. The fourth-order valence-corrected chi connectivity index (χ4v) is 3.48. The summed E-state index contributed by atoms with van der Waals surface area (Å²) < 4.78 is 5.64. The van der Waals surface area contributed by atoms with E-state index in [4.69, 9.17) is 4.74 Å². The number of hydrogen-bond donors (Lipinski definition) is 1. The van der Waals surface area contributed by atoms with Crippen LogP contribution in [0.4, 0.5) is 0 Å². The Hall–Kier alpha value is -0.120. The summed E-state index contributed by atoms with van der Waals surface area (Å²) in [6, 6.07) is 1.36. The first-order valence-corrected chi connectivity index (χ1v) is 7.17. The lowest BCUT2D eigenvalue weighted by atomic mass is 9.93. The molecule has 0 aromatic carbocycles. The zero-order chi connectivity index (χ0) is 12.3. The largest absolute Gasteiger partial charge is 0.378 e. The lowest BCUT2D eigenvalue weighted by Gasteiger charge is -2.48. The van der Waals surface area contributed by atoms with Crippen molar-refractivity contribution in [3.63, 3.8) is 0 Å². The van der Waals surface area contributed by atoms with Crippen molar-refractivity contribution in [2.24, 2.45) is 0 Å². The average molecular weight is 240 g/mol. The van der Waals surface area contributed by atoms with Gasteiger partial charge in [0.25, 0.3) is 0 Å². The van der Waals surface area contributed by atoms with Gasteiger partial charge in [-0.05, 0) is 33.7 Å². The van der Waals surface area contributed by atoms with E-state index in [9.17, 15) is 0 Å². The topological polar surface area (TPSA) is 24.5 Å². The molecule has 3 nitrogen and oxygen atoms in total. The second-order valence-electron chi connectivity index (χ2n) is 6.16. The van der Waals surface area contributed by atoms with Crippen LogP contribution in [-0.4, -0.2) is 49.3 Å². The minimum absolute atomic E-state index is 0.197. The van der Waals surface area contributed by atoms with Crippen LogP contribution in [-0.2, 0) is 4.74 Å². The van der Waals surface area contributed by atoms with Crippen molar-refractivity contribution >= 4 is 0 Å². The molecule has 1 N–H and O–H groups in total. The lowest BCUT2D eigenvalue weighted by molar-refractivity contribution is -0.0793. The van der Waals surface area contributed by atoms with Crippen LogP contribution in [0, 0.1) is 0 Å². The Morgan fingerprint density at radius 1 is 1.18 bits per heavy atom. The molecular formula is C14H28N2O. The van der Waals surface area contributed by atoms with Gasteiger partial charge in [0.15, 0.2) is 0 Å². The van der Waals surface area contributed by atoms with E-state index in [2.05, 4.69) is 31.1 Å². The van der Waals surface area contributed by atoms with Crippen molar-refractivity contribution in [1.29, 1.82) is 0 Å². The van der Waals surface area contributed by atoms with Gasteiger partial charge >= 0.3 is 0 Å². The summed E-state index contributed by atoms with van der Waals surface area (Å²) in [5.74, 6) is 0. The van der Waals surface area contributed by atoms with Gasteiger partial charge in [-0.25, -0.2) is 0 Å². The van der Waals surface area contributed by atoms with Gasteiger partial charge in [0.1, 0.15) is 0 Å². The summed E-state index contributed by atoms with van der Waals surface area (Å²) >= 11 is 0. The van der Waals surface area contributed by atoms with Crippen LogP contribution in [0.1, 0.15) is 46.0 Å². The zero-order valence-corrected chi connectivity index (χ0v) is 11.7. The molecule has 2 atom stereocenters. The number of nitrogens with one attached hydrogen (secondary N) is 1. The van der Waals surface area contributed by atoms with Crippen molar-refractivity contribution in [3.05, 3.63) is 0 Å². The van der Waals surface area contributed by atoms with Crippen molar-refractivity contribution in [1.82, 2.24) is 10.2 Å². The first-order valence-electron chi connectivity index (χ1n) is 7.17. The second-order valence-corrected chi connectivity index (χ2v) is 6.16. The maximum Gasteiger partial charge on any atom is 0.0645 e. The smallest absolute Gasteiger partial charge is 0.0645 e. The quantitative estimate of drug-likeness (QED) is 0.747. The first kappa shape index (κ1) is 13.3. The highest BCUT2D eigenvalue weighted by atomic mass is 16.5. The van der Waals surface area contributed by atoms with Crippen molar-refractivity contribution in [2.75, 3.05) is 26.8 Å². The number of likely N-dealkylation sites (N-methyl/N-ethyl adjacent to an activating group) is 1. The van der Waals surface area contributed by atoms with Gasteiger partial charge < -0.3 is 10.1 Å². The Morgan fingerprint density at radius 3 is 2.65 bits per heavy atom. The Kier molecular flexibility index (Phi) is 4.45. The molecule has 2 aliphatic rings. The van der Waals surface area contributed by atoms with E-state index in [0.717, 1.165) is 19.8 Å². The lowest BCUT2D eigenvalue weighted by Crippen LogP contribution is -2.61. The van der Waals surface area contributed by atoms with Crippen LogP contribution >= 0.6 is 0 Å². The van der Waals surface area contributed by atoms with E-state index in [1.807, 2.05) is 0 Å². The molecule has 2 unspecified atom stereocenters. The third kappa shape index (κ3) is 3.01. The molecular weight excluding hydrogens is 212 g/mol. The third-order valence-corrected chi connectivity index (χ3v) is 4.46. The van der Waals surface area contributed by atoms with E-state index in [0.29, 0.717) is 12.1 Å². The van der Waals surface area contributed by atoms with Crippen LogP contribution in [0.15, 0.2) is 0 Å². The van der Waals surface area contributed by atoms with Crippen LogP contribution in [0.3, 0.4) is 0 Å². The third-order valence-electron chi connectivity index (χ3n) is 4.46. The number of hydrogen-bond acceptors (Lipinski definition) is 3. The number of ether oxygens (including phenoxy) is 1. The predicted octanol–water partition coefficient (Wildman–Crippen LogP) is 2.02. The van der Waals surface area contributed by atoms with Gasteiger partial charge in [0.2, 0.25) is 0 Å². The molecule has 0 amide bonds. The first-order chi connectivity index (χ1) is 8.15. The molecule has 3 heteroatoms. The molecule has 0 aromatic heterocycles. The number of rotatable bonds is 2. The van der Waals surface area contributed by atoms with Gasteiger partial charge in [-0.3, -0.25) is 4.90 Å². The molecule has 1 heterocycles. The molecule has 17 heavy (non-hydrogen) atoms. The van der Waals surface area contributed by atoms with Gasteiger partial charge in [-0.1, -0.05) is 19.3 Å². The Labute approximate surface area is 106 Å². The molecule has 0 radical (unpaired) electrons. The number of nitrogens with zero attached hydrogens (tertiary/aromatic N) is 1. The van der Waals surface area contributed by atoms with Gasteiger partial charge in [-0.15, -0.1) is 0 Å². The molecule has 0 spiro atoms. The highest BCUT2D eigenvalue weighted by Gasteiger charge is 2.38. The van der Waals surface area contributed by atoms with E-state index in [-0.39, 0.29) is 5.54 Å². The van der Waals surface area contributed by atoms with Crippen molar-refractivity contribution in [2.45, 2.75) is 63.6 Å². The van der Waals surface area contributed by atoms with Crippen molar-refractivity contribution in [3.8, 4) is 0 Å². The monoisotopic (exact) mass is 240 g/mol. The Balaban J connectivity index is 2.10. The van der Waals surface area contributed by atoms with Crippen molar-refractivity contribution < 1.29 is 4.74 Å². The summed E-state index contributed by atoms with van der Waals surface area (Å²) in [7, 11) is 2.12. The second kappa shape index (κ2) is 5.68. The van der Waals surface area contributed by atoms with Gasteiger partial charge in [-0.2, -0.15) is 0 Å². The number of morpholine rings is 1. The molecule has 1 aliphatic carbocycles. The Morgan fingerprint density at radius 2 is 1.94 bits per heavy atom. The Bertz CT molecular complexity index is 242. The van der Waals surface area contributed by atoms with Crippen LogP contribution < -0.4 is 5.32 Å². The summed E-state index contributed by atoms with van der Waals surface area (Å²) in [6.45, 7) is 7.51. The fraction of sp³-hybridized carbons (Fsp3) is 1.00. The highest BCUT2D eigenvalue weighted by molar-refractivity contribution is 4.94. The van der Waals surface area contributed by atoms with E-state index < -0.39 is 0 Å². The molecule has 1 aliphatic heterocycles. The molecule has 1 saturated heterocycles. The fourth-order valence-electron chi connectivity index (χ4n) is 3.48. The summed E-state index contributed by atoms with van der Waals surface area (Å²) in [5, 5.41) is 3.55. The summed E-state index contributed by atoms with van der Waals surface area (Å²) in [4.78, 5) is 2.70. The molecule has 0 bridgehead atoms. The predicted molar refractivity (Wildman–Crippen MR) is 71.3 cm³/mol. The van der Waals surface area contributed by atoms with Gasteiger partial charge in [0.05, 0.1) is 13.2 Å². The minimum Gasteiger partial charge on any atom is -0.378 e. The molecule has 1 saturated carbocycles. The van der Waals surface area contributed by atoms with E-state index >= 15 is 0 Å². The maximum absolute atomic E-state index is 5.64. The van der Waals surface area contributed by atoms with Crippen LogP contribution in [0.5, 0.6) is 0 Å². The summed E-state index contributed by atoms with van der Waals surface area (Å²) in [6.07, 6.45) is 6.84. The normalized spacial score (nSPS) is 35.5. The minimum atomic E-state index is 0.197. The highest BCUT2D eigenvalue weighted by Crippen LogP contribution is 2.29. The maximum atomic E-state index is 5.64. The van der Waals surface area contributed by atoms with Gasteiger partial charge in [0, 0.05) is 24.2 Å². The van der Waals surface area contributed by atoms with E-state index in [1.165, 1.54) is 32.1 Å². The standard InChI is InChI=1S/C14H28N2O/c1-14(2)11-17-10-9-16(14)13-8-6-4-5-7-12(13)15-3/h12-13,15H,4-11H2,1-3H3. The van der Waals surface area contributed by atoms with E-state index in [1.54, 1.807) is 0 Å². The summed E-state index contributed by atoms with van der Waals surface area (Å²) in [5.41, 5.74) is 0.197.